The number of carbonyl (C=O) groups is 1. The zero-order valence-corrected chi connectivity index (χ0v) is 13.1. The van der Waals surface area contributed by atoms with Crippen LogP contribution in [-0.4, -0.2) is 42.1 Å². The lowest BCUT2D eigenvalue weighted by Crippen LogP contribution is -2.50. The molecule has 0 spiro atoms. The summed E-state index contributed by atoms with van der Waals surface area (Å²) in [5.41, 5.74) is 1.18. The van der Waals surface area contributed by atoms with Gasteiger partial charge in [0.2, 0.25) is 0 Å². The summed E-state index contributed by atoms with van der Waals surface area (Å²) < 4.78 is 13.8. The number of piperazine rings is 1. The van der Waals surface area contributed by atoms with Gasteiger partial charge in [-0.2, -0.15) is 0 Å². The van der Waals surface area contributed by atoms with Crippen molar-refractivity contribution in [2.24, 2.45) is 0 Å². The number of benzene rings is 1. The van der Waals surface area contributed by atoms with Crippen LogP contribution < -0.4 is 10.2 Å². The van der Waals surface area contributed by atoms with Crippen LogP contribution in [0.3, 0.4) is 0 Å². The van der Waals surface area contributed by atoms with E-state index in [1.807, 2.05) is 12.1 Å². The Morgan fingerprint density at radius 2 is 1.83 bits per heavy atom. The number of rotatable bonds is 2. The summed E-state index contributed by atoms with van der Waals surface area (Å²) in [6.45, 7) is 2.57. The summed E-state index contributed by atoms with van der Waals surface area (Å²) in [6, 6.07) is 8.10. The maximum Gasteiger partial charge on any atom is 0.322 e. The van der Waals surface area contributed by atoms with E-state index in [1.165, 1.54) is 12.1 Å². The number of amides is 2. The van der Waals surface area contributed by atoms with Crippen LogP contribution in [0.2, 0.25) is 5.02 Å². The summed E-state index contributed by atoms with van der Waals surface area (Å²) in [5.74, 6) is -0.613. The van der Waals surface area contributed by atoms with Crippen molar-refractivity contribution in [2.45, 2.75) is 0 Å². The zero-order chi connectivity index (χ0) is 16.2. The van der Waals surface area contributed by atoms with Crippen LogP contribution in [0.5, 0.6) is 0 Å². The summed E-state index contributed by atoms with van der Waals surface area (Å²) in [4.78, 5) is 20.1. The first-order valence-electron chi connectivity index (χ1n) is 7.30. The monoisotopic (exact) mass is 334 g/mol. The molecule has 0 atom stereocenters. The van der Waals surface area contributed by atoms with Gasteiger partial charge < -0.3 is 15.1 Å². The summed E-state index contributed by atoms with van der Waals surface area (Å²) in [6.07, 6.45) is 3.49. The van der Waals surface area contributed by atoms with E-state index in [9.17, 15) is 9.18 Å². The molecule has 1 saturated heterocycles. The fraction of sp³-hybridized carbons (Fsp3) is 0.250. The molecular weight excluding hydrogens is 319 g/mol. The molecular formula is C16H16ClFN4O. The minimum absolute atomic E-state index is 0.00898. The highest BCUT2D eigenvalue weighted by atomic mass is 35.5. The van der Waals surface area contributed by atoms with Gasteiger partial charge in [-0.25, -0.2) is 9.18 Å². The number of urea groups is 1. The molecule has 0 bridgehead atoms. The van der Waals surface area contributed by atoms with Crippen LogP contribution in [-0.2, 0) is 0 Å². The van der Waals surface area contributed by atoms with E-state index in [1.54, 1.807) is 23.4 Å². The van der Waals surface area contributed by atoms with Gasteiger partial charge in [0.15, 0.2) is 5.82 Å². The highest BCUT2D eigenvalue weighted by Gasteiger charge is 2.22. The third kappa shape index (κ3) is 3.53. The number of pyridine rings is 1. The van der Waals surface area contributed by atoms with Crippen LogP contribution in [0.4, 0.5) is 20.6 Å². The van der Waals surface area contributed by atoms with Gasteiger partial charge in [-0.3, -0.25) is 4.98 Å². The lowest BCUT2D eigenvalue weighted by molar-refractivity contribution is 0.208. The normalized spacial score (nSPS) is 14.7. The Balaban J connectivity index is 1.59. The second-order valence-corrected chi connectivity index (χ2v) is 5.62. The number of anilines is 2. The van der Waals surface area contributed by atoms with Crippen molar-refractivity contribution < 1.29 is 9.18 Å². The Kier molecular flexibility index (Phi) is 4.62. The second-order valence-electron chi connectivity index (χ2n) is 5.21. The van der Waals surface area contributed by atoms with Gasteiger partial charge in [-0.1, -0.05) is 17.7 Å². The predicted octanol–water partition coefficient (Wildman–Crippen LogP) is 3.23. The fourth-order valence-electron chi connectivity index (χ4n) is 2.52. The molecule has 2 amide bonds. The number of carbonyl (C=O) groups excluding carboxylic acids is 1. The molecule has 1 aromatic heterocycles. The van der Waals surface area contributed by atoms with Gasteiger partial charge in [0.1, 0.15) is 0 Å². The molecule has 1 fully saturated rings. The van der Waals surface area contributed by atoms with Crippen molar-refractivity contribution >= 4 is 29.0 Å². The van der Waals surface area contributed by atoms with Crippen molar-refractivity contribution in [3.05, 3.63) is 53.6 Å². The molecule has 5 nitrogen and oxygen atoms in total. The van der Waals surface area contributed by atoms with Gasteiger partial charge in [-0.15, -0.1) is 0 Å². The molecule has 0 unspecified atom stereocenters. The quantitative estimate of drug-likeness (QED) is 0.917. The van der Waals surface area contributed by atoms with Crippen LogP contribution in [0.1, 0.15) is 0 Å². The van der Waals surface area contributed by atoms with E-state index in [0.717, 1.165) is 18.8 Å². The van der Waals surface area contributed by atoms with Crippen LogP contribution in [0.15, 0.2) is 42.7 Å². The number of halogens is 2. The van der Waals surface area contributed by atoms with E-state index in [-0.39, 0.29) is 16.7 Å². The Morgan fingerprint density at radius 1 is 1.13 bits per heavy atom. The minimum atomic E-state index is -0.613. The molecule has 2 heterocycles. The lowest BCUT2D eigenvalue weighted by Gasteiger charge is -2.36. The predicted molar refractivity (Wildman–Crippen MR) is 88.5 cm³/mol. The largest absolute Gasteiger partial charge is 0.368 e. The fourth-order valence-corrected chi connectivity index (χ4v) is 2.69. The molecule has 3 rings (SSSR count). The maximum absolute atomic E-state index is 13.8. The van der Waals surface area contributed by atoms with E-state index in [0.29, 0.717) is 13.1 Å². The molecule has 7 heteroatoms. The molecule has 1 aromatic carbocycles. The van der Waals surface area contributed by atoms with Crippen LogP contribution in [0, 0.1) is 5.82 Å². The molecule has 1 N–H and O–H groups in total. The molecule has 120 valence electrons. The first-order chi connectivity index (χ1) is 11.1. The first kappa shape index (κ1) is 15.6. The van der Waals surface area contributed by atoms with Crippen molar-refractivity contribution in [3.8, 4) is 0 Å². The maximum atomic E-state index is 13.8. The third-order valence-electron chi connectivity index (χ3n) is 3.79. The van der Waals surface area contributed by atoms with Gasteiger partial charge in [-0.05, 0) is 24.3 Å². The summed E-state index contributed by atoms with van der Waals surface area (Å²) in [5, 5.41) is 2.57. The van der Waals surface area contributed by atoms with E-state index >= 15 is 0 Å². The van der Waals surface area contributed by atoms with Gasteiger partial charge in [0, 0.05) is 44.3 Å². The van der Waals surface area contributed by atoms with Crippen molar-refractivity contribution in [1.82, 2.24) is 9.88 Å². The number of aromatic nitrogens is 1. The lowest BCUT2D eigenvalue weighted by atomic mass is 10.2. The van der Waals surface area contributed by atoms with Crippen LogP contribution >= 0.6 is 11.6 Å². The number of nitrogens with one attached hydrogen (secondary N) is 1. The zero-order valence-electron chi connectivity index (χ0n) is 12.4. The van der Waals surface area contributed by atoms with Crippen molar-refractivity contribution in [1.29, 1.82) is 0 Å². The average Bonchev–Trinajstić information content (AvgIpc) is 2.60. The minimum Gasteiger partial charge on any atom is -0.368 e. The van der Waals surface area contributed by atoms with Crippen molar-refractivity contribution in [3.63, 3.8) is 0 Å². The van der Waals surface area contributed by atoms with E-state index in [4.69, 9.17) is 11.6 Å². The average molecular weight is 335 g/mol. The molecule has 0 radical (unpaired) electrons. The van der Waals surface area contributed by atoms with E-state index < -0.39 is 5.82 Å². The molecule has 1 aliphatic rings. The Labute approximate surface area is 138 Å². The SMILES string of the molecule is O=C(Nc1cccc(Cl)c1F)N1CCN(c2ccncc2)CC1. The Bertz CT molecular complexity index is 690. The highest BCUT2D eigenvalue weighted by Crippen LogP contribution is 2.22. The van der Waals surface area contributed by atoms with E-state index in [2.05, 4.69) is 15.2 Å². The molecule has 0 aliphatic carbocycles. The summed E-state index contributed by atoms with van der Waals surface area (Å²) >= 11 is 5.72. The Morgan fingerprint density at radius 3 is 2.52 bits per heavy atom. The molecule has 0 saturated carbocycles. The van der Waals surface area contributed by atoms with Crippen LogP contribution in [0.25, 0.3) is 0 Å². The van der Waals surface area contributed by atoms with Gasteiger partial charge >= 0.3 is 6.03 Å². The van der Waals surface area contributed by atoms with Gasteiger partial charge in [0.05, 0.1) is 10.7 Å². The number of hydrogen-bond acceptors (Lipinski definition) is 3. The van der Waals surface area contributed by atoms with Crippen molar-refractivity contribution in [2.75, 3.05) is 36.4 Å². The number of hydrogen-bond donors (Lipinski definition) is 1. The molecule has 2 aromatic rings. The van der Waals surface area contributed by atoms with Gasteiger partial charge in [0.25, 0.3) is 0 Å². The third-order valence-corrected chi connectivity index (χ3v) is 4.08. The smallest absolute Gasteiger partial charge is 0.322 e. The topological polar surface area (TPSA) is 48.5 Å². The Hall–Kier alpha value is -2.34. The highest BCUT2D eigenvalue weighted by molar-refractivity contribution is 6.31. The number of nitrogens with zero attached hydrogens (tertiary/aromatic N) is 3. The summed E-state index contributed by atoms with van der Waals surface area (Å²) in [7, 11) is 0. The first-order valence-corrected chi connectivity index (χ1v) is 7.68. The molecule has 23 heavy (non-hydrogen) atoms. The standard InChI is InChI=1S/C16H16ClFN4O/c17-13-2-1-3-14(15(13)18)20-16(23)22-10-8-21(9-11-22)12-4-6-19-7-5-12/h1-7H,8-11H2,(H,20,23). The second kappa shape index (κ2) is 6.83. The molecule has 1 aliphatic heterocycles.